The molecule has 0 N–H and O–H groups in total. The molecule has 0 heterocycles. The zero-order valence-corrected chi connectivity index (χ0v) is 25.7. The molecule has 0 saturated heterocycles. The summed E-state index contributed by atoms with van der Waals surface area (Å²) in [5, 5.41) is 0. The molecule has 2 aliphatic rings. The molecule has 0 radical (unpaired) electrons. The highest BCUT2D eigenvalue weighted by Gasteiger charge is 2.62. The Balaban J connectivity index is 2.29. The van der Waals surface area contributed by atoms with E-state index >= 15 is 0 Å². The topological polar surface area (TPSA) is 122 Å². The SMILES string of the molecule is CC(=O)O[C@@H]1[C@H](C)/C=C\C(C)(C)C(=O)C[C@@H](OC(C)=O)/C(C)=C\[C@H]2[C@@H](OC(=O)c3ccccc3)[C@H](C)C[C@]12OC(C)=O. The Morgan fingerprint density at radius 1 is 0.881 bits per heavy atom. The van der Waals surface area contributed by atoms with Crippen LogP contribution in [0, 0.1) is 23.2 Å². The number of fused-ring (bicyclic) bond motifs is 1. The van der Waals surface area contributed by atoms with E-state index in [9.17, 15) is 24.0 Å². The summed E-state index contributed by atoms with van der Waals surface area (Å²) in [7, 11) is 0. The van der Waals surface area contributed by atoms with E-state index in [0.717, 1.165) is 0 Å². The summed E-state index contributed by atoms with van der Waals surface area (Å²) in [5.41, 5.74) is -1.51. The molecule has 0 aliphatic heterocycles. The van der Waals surface area contributed by atoms with Crippen LogP contribution in [0.4, 0.5) is 0 Å². The van der Waals surface area contributed by atoms with Crippen LogP contribution in [0.1, 0.15) is 78.6 Å². The van der Waals surface area contributed by atoms with Crippen LogP contribution in [0.5, 0.6) is 0 Å². The fourth-order valence-corrected chi connectivity index (χ4v) is 6.05. The van der Waals surface area contributed by atoms with E-state index in [-0.39, 0.29) is 24.5 Å². The fraction of sp³-hybridized carbons (Fsp3) is 0.545. The number of hydrogen-bond donors (Lipinski definition) is 0. The van der Waals surface area contributed by atoms with Crippen molar-refractivity contribution in [3.8, 4) is 0 Å². The van der Waals surface area contributed by atoms with Gasteiger partial charge in [0, 0.05) is 38.5 Å². The first-order valence-electron chi connectivity index (χ1n) is 14.3. The van der Waals surface area contributed by atoms with Gasteiger partial charge in [-0.2, -0.15) is 0 Å². The smallest absolute Gasteiger partial charge is 0.338 e. The highest BCUT2D eigenvalue weighted by molar-refractivity contribution is 5.89. The summed E-state index contributed by atoms with van der Waals surface area (Å²) in [6, 6.07) is 8.52. The molecule has 1 fully saturated rings. The molecule has 2 aliphatic carbocycles. The lowest BCUT2D eigenvalue weighted by Gasteiger charge is -2.43. The zero-order chi connectivity index (χ0) is 31.4. The maximum atomic E-state index is 13.4. The van der Waals surface area contributed by atoms with Crippen LogP contribution in [-0.2, 0) is 38.1 Å². The Bertz CT molecular complexity index is 1260. The van der Waals surface area contributed by atoms with Gasteiger partial charge in [0.05, 0.1) is 11.5 Å². The van der Waals surface area contributed by atoms with Gasteiger partial charge in [-0.05, 0) is 50.8 Å². The predicted octanol–water partition coefficient (Wildman–Crippen LogP) is 5.17. The third kappa shape index (κ3) is 7.36. The molecule has 7 atom stereocenters. The van der Waals surface area contributed by atoms with Crippen molar-refractivity contribution in [2.45, 2.75) is 92.1 Å². The lowest BCUT2D eigenvalue weighted by molar-refractivity contribution is -0.195. The van der Waals surface area contributed by atoms with Gasteiger partial charge in [0.1, 0.15) is 24.1 Å². The number of ether oxygens (including phenoxy) is 4. The number of ketones is 1. The highest BCUT2D eigenvalue weighted by atomic mass is 16.6. The number of carbonyl (C=O) groups excluding carboxylic acids is 5. The van der Waals surface area contributed by atoms with E-state index in [1.165, 1.54) is 20.8 Å². The summed E-state index contributed by atoms with van der Waals surface area (Å²) in [6.45, 7) is 12.8. The second-order valence-corrected chi connectivity index (χ2v) is 12.1. The van der Waals surface area contributed by atoms with Crippen LogP contribution >= 0.6 is 0 Å². The molecule has 42 heavy (non-hydrogen) atoms. The lowest BCUT2D eigenvalue weighted by atomic mass is 9.75. The third-order valence-electron chi connectivity index (χ3n) is 8.12. The summed E-state index contributed by atoms with van der Waals surface area (Å²) >= 11 is 0. The number of allylic oxidation sites excluding steroid dienone is 1. The normalized spacial score (nSPS) is 33.0. The van der Waals surface area contributed by atoms with E-state index in [1.807, 2.05) is 13.8 Å². The fourth-order valence-electron chi connectivity index (χ4n) is 6.05. The second-order valence-electron chi connectivity index (χ2n) is 12.1. The first-order valence-corrected chi connectivity index (χ1v) is 14.3. The van der Waals surface area contributed by atoms with Crippen molar-refractivity contribution in [1.82, 2.24) is 0 Å². The van der Waals surface area contributed by atoms with Crippen LogP contribution < -0.4 is 0 Å². The highest BCUT2D eigenvalue weighted by Crippen LogP contribution is 2.51. The molecule has 3 rings (SSSR count). The van der Waals surface area contributed by atoms with Gasteiger partial charge in [-0.15, -0.1) is 0 Å². The first kappa shape index (κ1) is 32.8. The van der Waals surface area contributed by atoms with E-state index in [2.05, 4.69) is 0 Å². The molecular formula is C33H42O9. The van der Waals surface area contributed by atoms with Crippen LogP contribution in [0.25, 0.3) is 0 Å². The number of rotatable bonds is 5. The summed E-state index contributed by atoms with van der Waals surface area (Å²) in [5.74, 6) is -4.12. The maximum Gasteiger partial charge on any atom is 0.338 e. The minimum atomic E-state index is -1.45. The molecule has 0 amide bonds. The van der Waals surface area contributed by atoms with Crippen molar-refractivity contribution >= 4 is 29.7 Å². The van der Waals surface area contributed by atoms with Crippen LogP contribution in [0.2, 0.25) is 0 Å². The minimum Gasteiger partial charge on any atom is -0.458 e. The van der Waals surface area contributed by atoms with Crippen LogP contribution in [-0.4, -0.2) is 53.6 Å². The minimum absolute atomic E-state index is 0.0850. The maximum absolute atomic E-state index is 13.4. The third-order valence-corrected chi connectivity index (χ3v) is 8.12. The zero-order valence-electron chi connectivity index (χ0n) is 25.7. The number of Topliss-reactive ketones (excluding diaryl/α,β-unsaturated/α-hetero) is 1. The van der Waals surface area contributed by atoms with Crippen molar-refractivity contribution in [1.29, 1.82) is 0 Å². The Morgan fingerprint density at radius 3 is 2.07 bits per heavy atom. The summed E-state index contributed by atoms with van der Waals surface area (Å²) in [4.78, 5) is 64.0. The number of carbonyl (C=O) groups is 5. The van der Waals surface area contributed by atoms with Gasteiger partial charge in [0.2, 0.25) is 0 Å². The van der Waals surface area contributed by atoms with E-state index < -0.39 is 65.0 Å². The molecule has 228 valence electrons. The van der Waals surface area contributed by atoms with Gasteiger partial charge in [0.25, 0.3) is 0 Å². The van der Waals surface area contributed by atoms with E-state index in [1.54, 1.807) is 69.3 Å². The van der Waals surface area contributed by atoms with Crippen molar-refractivity contribution in [2.24, 2.45) is 23.2 Å². The van der Waals surface area contributed by atoms with Crippen molar-refractivity contribution < 1.29 is 42.9 Å². The molecule has 0 unspecified atom stereocenters. The Labute approximate surface area is 247 Å². The molecule has 9 heteroatoms. The number of hydrogen-bond acceptors (Lipinski definition) is 9. The number of esters is 4. The standard InChI is InChI=1S/C33H42O9/c1-19-14-15-32(7,8)28(37)17-27(39-22(4)34)20(2)16-26-29(41-31(38)25-12-10-9-11-13-25)21(3)18-33(26,42-24(6)36)30(19)40-23(5)35/h9-16,19,21,26-27,29-30H,17-18H2,1-8H3/b15-14-,20-16-/t19-,21-,26+,27-,29+,30-,33-/m1/s1. The van der Waals surface area contributed by atoms with Gasteiger partial charge < -0.3 is 18.9 Å². The van der Waals surface area contributed by atoms with Crippen molar-refractivity contribution in [2.75, 3.05) is 0 Å². The average Bonchev–Trinajstić information content (AvgIpc) is 3.14. The second kappa shape index (κ2) is 13.0. The summed E-state index contributed by atoms with van der Waals surface area (Å²) in [6.07, 6.45) is 2.67. The first-order chi connectivity index (χ1) is 19.6. The molecule has 0 spiro atoms. The van der Waals surface area contributed by atoms with Gasteiger partial charge in [-0.25, -0.2) is 4.79 Å². The molecular weight excluding hydrogens is 540 g/mol. The van der Waals surface area contributed by atoms with E-state index in [0.29, 0.717) is 11.1 Å². The largest absolute Gasteiger partial charge is 0.458 e. The number of benzene rings is 1. The molecule has 1 aromatic carbocycles. The Morgan fingerprint density at radius 2 is 1.50 bits per heavy atom. The molecule has 0 bridgehead atoms. The van der Waals surface area contributed by atoms with E-state index in [4.69, 9.17) is 18.9 Å². The van der Waals surface area contributed by atoms with Gasteiger partial charge in [-0.3, -0.25) is 19.2 Å². The van der Waals surface area contributed by atoms with Gasteiger partial charge in [-0.1, -0.05) is 50.3 Å². The summed E-state index contributed by atoms with van der Waals surface area (Å²) < 4.78 is 23.8. The predicted molar refractivity (Wildman–Crippen MR) is 154 cm³/mol. The molecule has 1 saturated carbocycles. The lowest BCUT2D eigenvalue weighted by Crippen LogP contribution is -2.55. The van der Waals surface area contributed by atoms with Crippen LogP contribution in [0.15, 0.2) is 54.1 Å². The van der Waals surface area contributed by atoms with Crippen LogP contribution in [0.3, 0.4) is 0 Å². The van der Waals surface area contributed by atoms with Gasteiger partial charge in [0.15, 0.2) is 5.60 Å². The Hall–Kier alpha value is -3.75. The quantitative estimate of drug-likeness (QED) is 0.263. The van der Waals surface area contributed by atoms with Gasteiger partial charge >= 0.3 is 23.9 Å². The van der Waals surface area contributed by atoms with Crippen molar-refractivity contribution in [3.05, 3.63) is 59.7 Å². The Kier molecular flexibility index (Phi) is 10.2. The molecule has 1 aromatic rings. The van der Waals surface area contributed by atoms with Crippen molar-refractivity contribution in [3.63, 3.8) is 0 Å². The average molecular weight is 583 g/mol. The molecule has 9 nitrogen and oxygen atoms in total. The monoisotopic (exact) mass is 582 g/mol. The molecule has 0 aromatic heterocycles.